The minimum absolute atomic E-state index is 0.172. The number of anilines is 1. The molecular formula is C28H25ClN6O2. The third-order valence-corrected chi connectivity index (χ3v) is 6.56. The van der Waals surface area contributed by atoms with Gasteiger partial charge in [-0.15, -0.1) is 0 Å². The zero-order chi connectivity index (χ0) is 26.1. The van der Waals surface area contributed by atoms with Crippen LogP contribution >= 0.6 is 11.6 Å². The van der Waals surface area contributed by atoms with Crippen molar-refractivity contribution in [3.8, 4) is 0 Å². The number of benzene rings is 2. The molecule has 0 fully saturated rings. The SMILES string of the molecule is CC(=O)Nc1nccc2c(C)c(CNC(=O)c3cnn(Cc4ccc5ncc(Cl)cc5c4)c3)c(C)cc12. The molecule has 2 aromatic carbocycles. The molecule has 0 aliphatic carbocycles. The van der Waals surface area contributed by atoms with E-state index in [2.05, 4.69) is 25.7 Å². The Balaban J connectivity index is 1.30. The molecule has 186 valence electrons. The van der Waals surface area contributed by atoms with E-state index in [0.717, 1.165) is 43.9 Å². The zero-order valence-electron chi connectivity index (χ0n) is 20.7. The lowest BCUT2D eigenvalue weighted by Crippen LogP contribution is -2.23. The van der Waals surface area contributed by atoms with Gasteiger partial charge < -0.3 is 10.6 Å². The van der Waals surface area contributed by atoms with Gasteiger partial charge in [-0.3, -0.25) is 19.3 Å². The fourth-order valence-electron chi connectivity index (χ4n) is 4.52. The molecule has 0 aliphatic heterocycles. The predicted octanol–water partition coefficient (Wildman–Crippen LogP) is 5.19. The molecule has 9 heteroatoms. The second kappa shape index (κ2) is 9.99. The van der Waals surface area contributed by atoms with Crippen molar-refractivity contribution in [2.24, 2.45) is 0 Å². The van der Waals surface area contributed by atoms with Crippen molar-refractivity contribution in [2.45, 2.75) is 33.9 Å². The molecule has 0 saturated carbocycles. The number of aryl methyl sites for hydroxylation is 2. The number of aromatic nitrogens is 4. The summed E-state index contributed by atoms with van der Waals surface area (Å²) in [5.41, 5.74) is 5.45. The average Bonchev–Trinajstić information content (AvgIpc) is 3.32. The first kappa shape index (κ1) is 24.4. The molecule has 0 atom stereocenters. The van der Waals surface area contributed by atoms with Crippen molar-refractivity contribution in [3.63, 3.8) is 0 Å². The molecule has 2 N–H and O–H groups in total. The quantitative estimate of drug-likeness (QED) is 0.326. The van der Waals surface area contributed by atoms with Gasteiger partial charge in [-0.2, -0.15) is 5.10 Å². The van der Waals surface area contributed by atoms with Crippen molar-refractivity contribution in [3.05, 3.63) is 94.0 Å². The van der Waals surface area contributed by atoms with Gasteiger partial charge >= 0.3 is 0 Å². The topological polar surface area (TPSA) is 102 Å². The van der Waals surface area contributed by atoms with Crippen LogP contribution < -0.4 is 10.6 Å². The minimum Gasteiger partial charge on any atom is -0.348 e. The van der Waals surface area contributed by atoms with Crippen molar-refractivity contribution in [1.82, 2.24) is 25.1 Å². The summed E-state index contributed by atoms with van der Waals surface area (Å²) in [5.74, 6) is 0.160. The molecule has 5 rings (SSSR count). The molecule has 3 heterocycles. The molecule has 0 spiro atoms. The Morgan fingerprint density at radius 3 is 2.68 bits per heavy atom. The highest BCUT2D eigenvalue weighted by Crippen LogP contribution is 2.29. The van der Waals surface area contributed by atoms with E-state index in [-0.39, 0.29) is 11.8 Å². The van der Waals surface area contributed by atoms with E-state index in [1.165, 1.54) is 6.92 Å². The van der Waals surface area contributed by atoms with Gasteiger partial charge in [0.05, 0.1) is 28.8 Å². The average molecular weight is 513 g/mol. The smallest absolute Gasteiger partial charge is 0.254 e. The Morgan fingerprint density at radius 2 is 1.86 bits per heavy atom. The molecule has 0 aliphatic rings. The molecule has 3 aromatic heterocycles. The van der Waals surface area contributed by atoms with E-state index in [9.17, 15) is 9.59 Å². The molecule has 8 nitrogen and oxygen atoms in total. The lowest BCUT2D eigenvalue weighted by atomic mass is 9.96. The lowest BCUT2D eigenvalue weighted by molar-refractivity contribution is -0.114. The van der Waals surface area contributed by atoms with E-state index in [1.54, 1.807) is 29.5 Å². The Labute approximate surface area is 218 Å². The normalized spacial score (nSPS) is 11.1. The molecular weight excluding hydrogens is 488 g/mol. The van der Waals surface area contributed by atoms with E-state index in [4.69, 9.17) is 11.6 Å². The minimum atomic E-state index is -0.201. The van der Waals surface area contributed by atoms with Crippen molar-refractivity contribution < 1.29 is 9.59 Å². The summed E-state index contributed by atoms with van der Waals surface area (Å²) in [4.78, 5) is 33.1. The van der Waals surface area contributed by atoms with Crippen LogP contribution in [0.3, 0.4) is 0 Å². The number of amides is 2. The summed E-state index contributed by atoms with van der Waals surface area (Å²) in [6.07, 6.45) is 6.61. The summed E-state index contributed by atoms with van der Waals surface area (Å²) in [5, 5.41) is 13.6. The number of fused-ring (bicyclic) bond motifs is 2. The maximum absolute atomic E-state index is 12.9. The van der Waals surface area contributed by atoms with Crippen LogP contribution in [-0.4, -0.2) is 31.6 Å². The summed E-state index contributed by atoms with van der Waals surface area (Å²) in [6, 6.07) is 11.7. The first-order valence-corrected chi connectivity index (χ1v) is 12.2. The second-order valence-electron chi connectivity index (χ2n) is 9.02. The van der Waals surface area contributed by atoms with Crippen LogP contribution in [0.4, 0.5) is 5.82 Å². The molecule has 0 radical (unpaired) electrons. The number of nitrogens with one attached hydrogen (secondary N) is 2. The van der Waals surface area contributed by atoms with Gasteiger partial charge in [0, 0.05) is 42.8 Å². The number of nitrogens with zero attached hydrogens (tertiary/aromatic N) is 4. The van der Waals surface area contributed by atoms with Crippen LogP contribution in [0.1, 0.15) is 39.5 Å². The summed E-state index contributed by atoms with van der Waals surface area (Å²) < 4.78 is 1.73. The number of carbonyl (C=O) groups is 2. The highest BCUT2D eigenvalue weighted by molar-refractivity contribution is 6.31. The highest BCUT2D eigenvalue weighted by Gasteiger charge is 2.14. The second-order valence-corrected chi connectivity index (χ2v) is 9.46. The third kappa shape index (κ3) is 5.15. The van der Waals surface area contributed by atoms with Crippen LogP contribution in [0.15, 0.2) is 61.2 Å². The largest absolute Gasteiger partial charge is 0.348 e. The van der Waals surface area contributed by atoms with Gasteiger partial charge in [0.15, 0.2) is 0 Å². The fourth-order valence-corrected chi connectivity index (χ4v) is 4.69. The van der Waals surface area contributed by atoms with Crippen LogP contribution in [0.5, 0.6) is 0 Å². The van der Waals surface area contributed by atoms with E-state index < -0.39 is 0 Å². The first-order chi connectivity index (χ1) is 17.8. The Hall–Kier alpha value is -4.30. The Kier molecular flexibility index (Phi) is 6.58. The Morgan fingerprint density at radius 1 is 1.03 bits per heavy atom. The maximum Gasteiger partial charge on any atom is 0.254 e. The van der Waals surface area contributed by atoms with Crippen molar-refractivity contribution in [1.29, 1.82) is 0 Å². The molecule has 2 amide bonds. The van der Waals surface area contributed by atoms with Crippen LogP contribution in [0, 0.1) is 13.8 Å². The number of hydrogen-bond acceptors (Lipinski definition) is 5. The lowest BCUT2D eigenvalue weighted by Gasteiger charge is -2.15. The van der Waals surface area contributed by atoms with E-state index in [1.807, 2.05) is 50.2 Å². The summed E-state index contributed by atoms with van der Waals surface area (Å²) in [6.45, 7) is 6.35. The standard InChI is InChI=1S/C28H25ClN6O2/c1-16-8-24-23(6-7-30-27(24)34-18(3)36)17(2)25(16)13-32-28(37)21-11-33-35(15-21)14-19-4-5-26-20(9-19)10-22(29)12-31-26/h4-12,15H,13-14H2,1-3H3,(H,32,37)(H,30,34,36). The van der Waals surface area contributed by atoms with Gasteiger partial charge in [-0.05, 0) is 71.8 Å². The number of hydrogen-bond donors (Lipinski definition) is 2. The molecule has 0 bridgehead atoms. The summed E-state index contributed by atoms with van der Waals surface area (Å²) in [7, 11) is 0. The summed E-state index contributed by atoms with van der Waals surface area (Å²) >= 11 is 6.07. The first-order valence-electron chi connectivity index (χ1n) is 11.8. The Bertz CT molecular complexity index is 1680. The van der Waals surface area contributed by atoms with E-state index >= 15 is 0 Å². The van der Waals surface area contributed by atoms with Crippen LogP contribution in [0.2, 0.25) is 5.02 Å². The van der Waals surface area contributed by atoms with Gasteiger partial charge in [0.2, 0.25) is 5.91 Å². The number of pyridine rings is 2. The molecule has 37 heavy (non-hydrogen) atoms. The van der Waals surface area contributed by atoms with Gasteiger partial charge in [0.25, 0.3) is 5.91 Å². The number of halogens is 1. The number of carbonyl (C=O) groups excluding carboxylic acids is 2. The highest BCUT2D eigenvalue weighted by atomic mass is 35.5. The van der Waals surface area contributed by atoms with Crippen molar-refractivity contribution in [2.75, 3.05) is 5.32 Å². The predicted molar refractivity (Wildman–Crippen MR) is 145 cm³/mol. The molecule has 0 unspecified atom stereocenters. The van der Waals surface area contributed by atoms with Gasteiger partial charge in [-0.25, -0.2) is 4.98 Å². The monoisotopic (exact) mass is 512 g/mol. The maximum atomic E-state index is 12.9. The van der Waals surface area contributed by atoms with Gasteiger partial charge in [-0.1, -0.05) is 17.7 Å². The van der Waals surface area contributed by atoms with Crippen LogP contribution in [0.25, 0.3) is 21.7 Å². The van der Waals surface area contributed by atoms with E-state index in [0.29, 0.717) is 29.5 Å². The number of rotatable bonds is 6. The van der Waals surface area contributed by atoms with Gasteiger partial charge in [0.1, 0.15) is 5.82 Å². The third-order valence-electron chi connectivity index (χ3n) is 6.36. The fraction of sp³-hybridized carbons (Fsp3) is 0.179. The molecule has 5 aromatic rings. The molecule has 0 saturated heterocycles. The van der Waals surface area contributed by atoms with Crippen molar-refractivity contribution >= 4 is 50.9 Å². The van der Waals surface area contributed by atoms with Crippen LogP contribution in [-0.2, 0) is 17.9 Å². The zero-order valence-corrected chi connectivity index (χ0v) is 21.4.